The minimum Gasteiger partial charge on any atom is -0.485 e. The molecule has 0 fully saturated rings. The van der Waals surface area contributed by atoms with Crippen molar-refractivity contribution < 1.29 is 14.4 Å². The average Bonchev–Trinajstić information content (AvgIpc) is 2.96. The van der Waals surface area contributed by atoms with E-state index in [0.29, 0.717) is 37.8 Å². The molecule has 1 aromatic heterocycles. The molecule has 136 valence electrons. The molecule has 2 atom stereocenters. The van der Waals surface area contributed by atoms with Gasteiger partial charge >= 0.3 is 0 Å². The standard InChI is InChI=1S/C18H15Cl3N2O3/c1-18(2)16(24)15(9-6-11(20)12(21)7-14(9)25-18)22-17-10-5-8(19)3-4-13(10)26-23-17/h3-7,15-16,24H,1-2H3,(H,22,23)/t15-,16+/m1/s1. The van der Waals surface area contributed by atoms with Gasteiger partial charge in [0, 0.05) is 16.7 Å². The van der Waals surface area contributed by atoms with Gasteiger partial charge in [0.2, 0.25) is 0 Å². The highest BCUT2D eigenvalue weighted by molar-refractivity contribution is 6.42. The van der Waals surface area contributed by atoms with E-state index in [2.05, 4.69) is 10.5 Å². The van der Waals surface area contributed by atoms with Gasteiger partial charge < -0.3 is 19.7 Å². The number of hydrogen-bond acceptors (Lipinski definition) is 5. The van der Waals surface area contributed by atoms with E-state index in [9.17, 15) is 5.11 Å². The second-order valence-electron chi connectivity index (χ2n) is 6.75. The van der Waals surface area contributed by atoms with Crippen LogP contribution in [-0.2, 0) is 0 Å². The Labute approximate surface area is 164 Å². The van der Waals surface area contributed by atoms with Gasteiger partial charge in [-0.2, -0.15) is 0 Å². The second kappa shape index (κ2) is 6.20. The van der Waals surface area contributed by atoms with E-state index in [1.807, 2.05) is 0 Å². The van der Waals surface area contributed by atoms with Crippen LogP contribution in [0.3, 0.4) is 0 Å². The molecule has 5 nitrogen and oxygen atoms in total. The van der Waals surface area contributed by atoms with Crippen LogP contribution in [0.15, 0.2) is 34.9 Å². The summed E-state index contributed by atoms with van der Waals surface area (Å²) < 4.78 is 11.3. The molecule has 26 heavy (non-hydrogen) atoms. The number of ether oxygens (including phenoxy) is 1. The van der Waals surface area contributed by atoms with Crippen molar-refractivity contribution in [1.29, 1.82) is 0 Å². The van der Waals surface area contributed by atoms with Crippen LogP contribution < -0.4 is 10.1 Å². The van der Waals surface area contributed by atoms with Gasteiger partial charge in [-0.25, -0.2) is 0 Å². The zero-order valence-electron chi connectivity index (χ0n) is 13.9. The molecule has 0 amide bonds. The number of aliphatic hydroxyl groups excluding tert-OH is 1. The minimum atomic E-state index is -0.877. The van der Waals surface area contributed by atoms with E-state index in [1.165, 1.54) is 0 Å². The maximum Gasteiger partial charge on any atom is 0.177 e. The van der Waals surface area contributed by atoms with Crippen molar-refractivity contribution in [2.75, 3.05) is 5.32 Å². The van der Waals surface area contributed by atoms with Crippen molar-refractivity contribution in [3.8, 4) is 5.75 Å². The van der Waals surface area contributed by atoms with Crippen molar-refractivity contribution in [1.82, 2.24) is 5.16 Å². The SMILES string of the molecule is CC1(C)Oc2cc(Cl)c(Cl)cc2[C@@H](Nc2noc3ccc(Cl)cc23)[C@@H]1O. The minimum absolute atomic E-state index is 0.376. The Bertz CT molecular complexity index is 1000. The monoisotopic (exact) mass is 412 g/mol. The number of fused-ring (bicyclic) bond motifs is 2. The van der Waals surface area contributed by atoms with E-state index in [-0.39, 0.29) is 0 Å². The van der Waals surface area contributed by atoms with Crippen LogP contribution in [0.2, 0.25) is 15.1 Å². The maximum atomic E-state index is 10.9. The Balaban J connectivity index is 1.81. The summed E-state index contributed by atoms with van der Waals surface area (Å²) in [7, 11) is 0. The first kappa shape index (κ1) is 17.7. The van der Waals surface area contributed by atoms with Gasteiger partial charge in [-0.3, -0.25) is 0 Å². The Kier molecular flexibility index (Phi) is 4.23. The third-order valence-corrected chi connectivity index (χ3v) is 5.47. The fourth-order valence-corrected chi connectivity index (χ4v) is 3.61. The summed E-state index contributed by atoms with van der Waals surface area (Å²) in [5.41, 5.74) is 0.426. The van der Waals surface area contributed by atoms with Crippen molar-refractivity contribution >= 4 is 51.6 Å². The number of nitrogens with one attached hydrogen (secondary N) is 1. The summed E-state index contributed by atoms with van der Waals surface area (Å²) >= 11 is 18.4. The van der Waals surface area contributed by atoms with Gasteiger partial charge in [0.15, 0.2) is 11.4 Å². The predicted molar refractivity (Wildman–Crippen MR) is 103 cm³/mol. The van der Waals surface area contributed by atoms with Crippen LogP contribution in [-0.4, -0.2) is 22.0 Å². The van der Waals surface area contributed by atoms with Gasteiger partial charge in [-0.1, -0.05) is 40.0 Å². The normalized spacial score (nSPS) is 21.3. The summed E-state index contributed by atoms with van der Waals surface area (Å²) in [5, 5.41) is 20.2. The van der Waals surface area contributed by atoms with Crippen LogP contribution in [0.4, 0.5) is 5.82 Å². The summed E-state index contributed by atoms with van der Waals surface area (Å²) in [6.45, 7) is 3.60. The van der Waals surface area contributed by atoms with Gasteiger partial charge in [0.1, 0.15) is 17.5 Å². The Morgan fingerprint density at radius 3 is 2.62 bits per heavy atom. The molecule has 0 spiro atoms. The van der Waals surface area contributed by atoms with Crippen molar-refractivity contribution in [2.45, 2.75) is 31.6 Å². The molecule has 4 rings (SSSR count). The smallest absolute Gasteiger partial charge is 0.177 e. The molecule has 2 N–H and O–H groups in total. The number of rotatable bonds is 2. The quantitative estimate of drug-likeness (QED) is 0.583. The Morgan fingerprint density at radius 2 is 1.85 bits per heavy atom. The zero-order chi connectivity index (χ0) is 18.6. The predicted octanol–water partition coefficient (Wildman–Crippen LogP) is 5.47. The van der Waals surface area contributed by atoms with E-state index in [0.717, 1.165) is 5.39 Å². The fraction of sp³-hybridized carbons (Fsp3) is 0.278. The lowest BCUT2D eigenvalue weighted by molar-refractivity contribution is -0.0533. The van der Waals surface area contributed by atoms with Crippen LogP contribution in [0.25, 0.3) is 11.0 Å². The number of aliphatic hydroxyl groups is 1. The highest BCUT2D eigenvalue weighted by Gasteiger charge is 2.43. The molecule has 1 aliphatic heterocycles. The molecule has 3 aromatic rings. The lowest BCUT2D eigenvalue weighted by Gasteiger charge is -2.42. The number of nitrogens with zero attached hydrogens (tertiary/aromatic N) is 1. The Hall–Kier alpha value is -1.66. The van der Waals surface area contributed by atoms with Crippen LogP contribution in [0, 0.1) is 0 Å². The largest absolute Gasteiger partial charge is 0.485 e. The molecule has 0 bridgehead atoms. The number of benzene rings is 2. The summed E-state index contributed by atoms with van der Waals surface area (Å²) in [4.78, 5) is 0. The molecule has 0 saturated carbocycles. The van der Waals surface area contributed by atoms with Crippen molar-refractivity contribution in [3.63, 3.8) is 0 Å². The summed E-state index contributed by atoms with van der Waals surface area (Å²) in [6.07, 6.45) is -0.877. The first-order valence-corrected chi connectivity index (χ1v) is 9.07. The van der Waals surface area contributed by atoms with Crippen LogP contribution in [0.1, 0.15) is 25.5 Å². The zero-order valence-corrected chi connectivity index (χ0v) is 16.2. The van der Waals surface area contributed by atoms with Crippen molar-refractivity contribution in [3.05, 3.63) is 51.0 Å². The van der Waals surface area contributed by atoms with Crippen LogP contribution in [0.5, 0.6) is 5.75 Å². The van der Waals surface area contributed by atoms with E-state index >= 15 is 0 Å². The molecule has 0 radical (unpaired) electrons. The van der Waals surface area contributed by atoms with Crippen LogP contribution >= 0.6 is 34.8 Å². The van der Waals surface area contributed by atoms with E-state index in [1.54, 1.807) is 44.2 Å². The fourth-order valence-electron chi connectivity index (χ4n) is 3.11. The molecule has 0 unspecified atom stereocenters. The number of aromatic nitrogens is 1. The molecule has 2 heterocycles. The molecule has 0 saturated heterocycles. The van der Waals surface area contributed by atoms with Gasteiger partial charge in [0.05, 0.1) is 21.5 Å². The highest BCUT2D eigenvalue weighted by atomic mass is 35.5. The first-order chi connectivity index (χ1) is 12.3. The molecule has 8 heteroatoms. The average molecular weight is 414 g/mol. The highest BCUT2D eigenvalue weighted by Crippen LogP contribution is 2.45. The van der Waals surface area contributed by atoms with E-state index < -0.39 is 17.7 Å². The second-order valence-corrected chi connectivity index (χ2v) is 8.00. The van der Waals surface area contributed by atoms with Gasteiger partial charge in [0.25, 0.3) is 0 Å². The first-order valence-electron chi connectivity index (χ1n) is 7.94. The summed E-state index contributed by atoms with van der Waals surface area (Å²) in [5.74, 6) is 1.03. The summed E-state index contributed by atoms with van der Waals surface area (Å²) in [6, 6.07) is 8.02. The third kappa shape index (κ3) is 2.89. The molecule has 2 aromatic carbocycles. The van der Waals surface area contributed by atoms with Gasteiger partial charge in [-0.15, -0.1) is 0 Å². The molecular formula is C18H15Cl3N2O3. The topological polar surface area (TPSA) is 67.5 Å². The van der Waals surface area contributed by atoms with Crippen molar-refractivity contribution in [2.24, 2.45) is 0 Å². The maximum absolute atomic E-state index is 10.9. The van der Waals surface area contributed by atoms with Gasteiger partial charge in [-0.05, 0) is 38.1 Å². The lowest BCUT2D eigenvalue weighted by Crippen LogP contribution is -2.50. The lowest BCUT2D eigenvalue weighted by atomic mass is 9.86. The number of hydrogen-bond donors (Lipinski definition) is 2. The third-order valence-electron chi connectivity index (χ3n) is 4.51. The molecular weight excluding hydrogens is 399 g/mol. The Morgan fingerprint density at radius 1 is 1.12 bits per heavy atom. The molecule has 0 aliphatic carbocycles. The number of halogens is 3. The molecule has 1 aliphatic rings. The van der Waals surface area contributed by atoms with E-state index in [4.69, 9.17) is 44.1 Å². The number of anilines is 1.